The number of carboxylic acids is 1. The molecule has 108 valence electrons. The van der Waals surface area contributed by atoms with Gasteiger partial charge in [-0.2, -0.15) is 0 Å². The van der Waals surface area contributed by atoms with Crippen molar-refractivity contribution in [3.63, 3.8) is 0 Å². The molecule has 7 heteroatoms. The van der Waals surface area contributed by atoms with E-state index in [1.807, 2.05) is 4.90 Å². The van der Waals surface area contributed by atoms with Gasteiger partial charge in [0.2, 0.25) is 5.82 Å². The van der Waals surface area contributed by atoms with E-state index in [0.29, 0.717) is 18.9 Å². The van der Waals surface area contributed by atoms with Gasteiger partial charge in [0, 0.05) is 31.8 Å². The minimum Gasteiger partial charge on any atom is -0.481 e. The van der Waals surface area contributed by atoms with E-state index in [-0.39, 0.29) is 18.0 Å². The average Bonchev–Trinajstić information content (AvgIpc) is 2.39. The third kappa shape index (κ3) is 3.23. The normalized spacial score (nSPS) is 16.1. The fourth-order valence-electron chi connectivity index (χ4n) is 2.52. The third-order valence-corrected chi connectivity index (χ3v) is 3.56. The summed E-state index contributed by atoms with van der Waals surface area (Å²) in [7, 11) is 0. The Kier molecular flexibility index (Phi) is 4.16. The molecule has 1 aliphatic rings. The van der Waals surface area contributed by atoms with Crippen LogP contribution in [0.15, 0.2) is 12.3 Å². The fraction of sp³-hybridized carbons (Fsp3) is 0.538. The van der Waals surface area contributed by atoms with Crippen LogP contribution in [0.5, 0.6) is 0 Å². The number of rotatable bonds is 4. The average molecular weight is 279 g/mol. The highest BCUT2D eigenvalue weighted by Gasteiger charge is 2.27. The molecular formula is C13H17N3O4. The van der Waals surface area contributed by atoms with Gasteiger partial charge in [0.25, 0.3) is 0 Å². The third-order valence-electron chi connectivity index (χ3n) is 3.56. The molecule has 1 N–H and O–H groups in total. The molecule has 0 unspecified atom stereocenters. The SMILES string of the molecule is Cc1cnc(N2CCC(CC(=O)O)CC2)c([N+](=O)[O-])c1. The lowest BCUT2D eigenvalue weighted by Gasteiger charge is -2.31. The largest absolute Gasteiger partial charge is 0.481 e. The summed E-state index contributed by atoms with van der Waals surface area (Å²) in [6, 6.07) is 1.52. The standard InChI is InChI=1S/C13H17N3O4/c1-9-6-11(16(19)20)13(14-8-9)15-4-2-10(3-5-15)7-12(17)18/h6,8,10H,2-5,7H2,1H3,(H,17,18). The van der Waals surface area contributed by atoms with Crippen LogP contribution in [0.1, 0.15) is 24.8 Å². The number of aliphatic carboxylic acids is 1. The summed E-state index contributed by atoms with van der Waals surface area (Å²) in [5, 5.41) is 19.9. The van der Waals surface area contributed by atoms with Crippen molar-refractivity contribution in [2.24, 2.45) is 5.92 Å². The molecule has 7 nitrogen and oxygen atoms in total. The number of pyridine rings is 1. The molecule has 0 aromatic carbocycles. The van der Waals surface area contributed by atoms with Gasteiger partial charge in [0.15, 0.2) is 0 Å². The van der Waals surface area contributed by atoms with E-state index in [1.165, 1.54) is 6.07 Å². The van der Waals surface area contributed by atoms with Gasteiger partial charge in [-0.15, -0.1) is 0 Å². The number of carboxylic acid groups (broad SMARTS) is 1. The van der Waals surface area contributed by atoms with E-state index < -0.39 is 10.9 Å². The molecule has 1 aromatic heterocycles. The van der Waals surface area contributed by atoms with Gasteiger partial charge in [-0.25, -0.2) is 4.98 Å². The van der Waals surface area contributed by atoms with Crippen LogP contribution < -0.4 is 4.90 Å². The summed E-state index contributed by atoms with van der Waals surface area (Å²) in [5.74, 6) is -0.259. The van der Waals surface area contributed by atoms with Gasteiger partial charge in [-0.3, -0.25) is 14.9 Å². The first-order chi connectivity index (χ1) is 9.47. The van der Waals surface area contributed by atoms with E-state index in [9.17, 15) is 14.9 Å². The number of hydrogen-bond acceptors (Lipinski definition) is 5. The molecule has 2 rings (SSSR count). The van der Waals surface area contributed by atoms with E-state index in [0.717, 1.165) is 18.4 Å². The molecule has 0 spiro atoms. The number of carbonyl (C=O) groups is 1. The molecule has 0 atom stereocenters. The topological polar surface area (TPSA) is 96.6 Å². The van der Waals surface area contributed by atoms with Crippen molar-refractivity contribution in [2.75, 3.05) is 18.0 Å². The highest BCUT2D eigenvalue weighted by Crippen LogP contribution is 2.30. The summed E-state index contributed by atoms with van der Waals surface area (Å²) in [4.78, 5) is 27.4. The first-order valence-corrected chi connectivity index (χ1v) is 6.55. The van der Waals surface area contributed by atoms with Crippen LogP contribution in [-0.2, 0) is 4.79 Å². The summed E-state index contributed by atoms with van der Waals surface area (Å²) in [5.41, 5.74) is 0.767. The van der Waals surface area contributed by atoms with Crippen molar-refractivity contribution in [1.82, 2.24) is 4.98 Å². The molecular weight excluding hydrogens is 262 g/mol. The summed E-state index contributed by atoms with van der Waals surface area (Å²) in [6.45, 7) is 2.98. The Bertz CT molecular complexity index is 524. The Morgan fingerprint density at radius 2 is 2.20 bits per heavy atom. The van der Waals surface area contributed by atoms with E-state index >= 15 is 0 Å². The summed E-state index contributed by atoms with van der Waals surface area (Å²) >= 11 is 0. The summed E-state index contributed by atoms with van der Waals surface area (Å²) in [6.07, 6.45) is 3.22. The predicted octanol–water partition coefficient (Wildman–Crippen LogP) is 1.99. The lowest BCUT2D eigenvalue weighted by Crippen LogP contribution is -2.35. The number of hydrogen-bond donors (Lipinski definition) is 1. The Hall–Kier alpha value is -2.18. The van der Waals surface area contributed by atoms with Crippen molar-refractivity contribution in [3.05, 3.63) is 27.9 Å². The van der Waals surface area contributed by atoms with E-state index in [2.05, 4.69) is 4.98 Å². The van der Waals surface area contributed by atoms with Gasteiger partial charge in [-0.05, 0) is 31.2 Å². The van der Waals surface area contributed by atoms with Crippen molar-refractivity contribution in [2.45, 2.75) is 26.2 Å². The maximum absolute atomic E-state index is 11.1. The second-order valence-electron chi connectivity index (χ2n) is 5.14. The molecule has 0 aliphatic carbocycles. The Morgan fingerprint density at radius 1 is 1.55 bits per heavy atom. The number of aryl methyl sites for hydroxylation is 1. The van der Waals surface area contributed by atoms with Crippen molar-refractivity contribution < 1.29 is 14.8 Å². The maximum atomic E-state index is 11.1. The van der Waals surface area contributed by atoms with Gasteiger partial charge in [0.1, 0.15) is 0 Å². The molecule has 1 aromatic rings. The molecule has 0 bridgehead atoms. The zero-order chi connectivity index (χ0) is 14.7. The fourth-order valence-corrected chi connectivity index (χ4v) is 2.52. The Labute approximate surface area is 116 Å². The molecule has 2 heterocycles. The quantitative estimate of drug-likeness (QED) is 0.668. The number of anilines is 1. The summed E-state index contributed by atoms with van der Waals surface area (Å²) < 4.78 is 0. The van der Waals surface area contributed by atoms with Gasteiger partial charge in [-0.1, -0.05) is 0 Å². The lowest BCUT2D eigenvalue weighted by atomic mass is 9.93. The minimum absolute atomic E-state index is 0.0154. The predicted molar refractivity (Wildman–Crippen MR) is 72.8 cm³/mol. The van der Waals surface area contributed by atoms with Crippen LogP contribution in [0.3, 0.4) is 0 Å². The molecule has 0 saturated carbocycles. The maximum Gasteiger partial charge on any atom is 0.311 e. The molecule has 20 heavy (non-hydrogen) atoms. The monoisotopic (exact) mass is 279 g/mol. The van der Waals surface area contributed by atoms with E-state index in [4.69, 9.17) is 5.11 Å². The molecule has 0 amide bonds. The van der Waals surface area contributed by atoms with Crippen molar-refractivity contribution in [1.29, 1.82) is 0 Å². The number of piperidine rings is 1. The second kappa shape index (κ2) is 5.85. The van der Waals surface area contributed by atoms with Crippen molar-refractivity contribution >= 4 is 17.5 Å². The van der Waals surface area contributed by atoms with Crippen LogP contribution >= 0.6 is 0 Å². The van der Waals surface area contributed by atoms with Crippen LogP contribution in [0.2, 0.25) is 0 Å². The van der Waals surface area contributed by atoms with Gasteiger partial charge >= 0.3 is 11.7 Å². The second-order valence-corrected chi connectivity index (χ2v) is 5.14. The van der Waals surface area contributed by atoms with Crippen LogP contribution in [0, 0.1) is 23.0 Å². The minimum atomic E-state index is -0.789. The lowest BCUT2D eigenvalue weighted by molar-refractivity contribution is -0.384. The van der Waals surface area contributed by atoms with E-state index in [1.54, 1.807) is 13.1 Å². The van der Waals surface area contributed by atoms with Crippen LogP contribution in [-0.4, -0.2) is 34.1 Å². The first kappa shape index (κ1) is 14.2. The highest BCUT2D eigenvalue weighted by molar-refractivity contribution is 5.67. The highest BCUT2D eigenvalue weighted by atomic mass is 16.6. The first-order valence-electron chi connectivity index (χ1n) is 6.55. The molecule has 1 aliphatic heterocycles. The van der Waals surface area contributed by atoms with Crippen LogP contribution in [0.4, 0.5) is 11.5 Å². The number of aromatic nitrogens is 1. The zero-order valence-corrected chi connectivity index (χ0v) is 11.3. The number of nitro groups is 1. The Morgan fingerprint density at radius 3 is 2.75 bits per heavy atom. The molecule has 1 fully saturated rings. The zero-order valence-electron chi connectivity index (χ0n) is 11.3. The van der Waals surface area contributed by atoms with Gasteiger partial charge in [0.05, 0.1) is 4.92 Å². The number of nitrogens with zero attached hydrogens (tertiary/aromatic N) is 3. The van der Waals surface area contributed by atoms with Crippen molar-refractivity contribution in [3.8, 4) is 0 Å². The smallest absolute Gasteiger partial charge is 0.311 e. The van der Waals surface area contributed by atoms with Crippen LogP contribution in [0.25, 0.3) is 0 Å². The molecule has 1 saturated heterocycles. The Balaban J connectivity index is 2.11. The van der Waals surface area contributed by atoms with Gasteiger partial charge < -0.3 is 10.0 Å². The molecule has 0 radical (unpaired) electrons.